The summed E-state index contributed by atoms with van der Waals surface area (Å²) in [6.07, 6.45) is 0. The molecule has 2 aromatic rings. The van der Waals surface area contributed by atoms with Crippen LogP contribution in [0.5, 0.6) is 5.75 Å². The van der Waals surface area contributed by atoms with Crippen LogP contribution < -0.4 is 15.0 Å². The zero-order valence-corrected chi connectivity index (χ0v) is 17.5. The molecule has 0 spiro atoms. The number of hydrogen-bond donors (Lipinski definition) is 1. The van der Waals surface area contributed by atoms with E-state index in [4.69, 9.17) is 9.47 Å². The molecule has 154 valence electrons. The van der Waals surface area contributed by atoms with E-state index in [1.807, 2.05) is 36.4 Å². The van der Waals surface area contributed by atoms with Crippen LogP contribution in [0, 0.1) is 0 Å². The average Bonchev–Trinajstić information content (AvgIpc) is 2.69. The van der Waals surface area contributed by atoms with Crippen molar-refractivity contribution in [1.29, 1.82) is 0 Å². The number of methoxy groups -OCH3 is 1. The minimum Gasteiger partial charge on any atom is -0.482 e. The van der Waals surface area contributed by atoms with Crippen LogP contribution in [0.3, 0.4) is 0 Å². The lowest BCUT2D eigenvalue weighted by Crippen LogP contribution is -2.38. The fourth-order valence-electron chi connectivity index (χ4n) is 3.20. The summed E-state index contributed by atoms with van der Waals surface area (Å²) in [5.41, 5.74) is 3.30. The largest absolute Gasteiger partial charge is 0.482 e. The molecule has 0 atom stereocenters. The minimum atomic E-state index is -0.160. The van der Waals surface area contributed by atoms with Crippen molar-refractivity contribution in [2.75, 3.05) is 31.8 Å². The number of amides is 2. The molecule has 1 heterocycles. The molecular weight excluding hydrogens is 368 g/mol. The fourth-order valence-corrected chi connectivity index (χ4v) is 3.20. The van der Waals surface area contributed by atoms with E-state index in [-0.39, 0.29) is 23.8 Å². The van der Waals surface area contributed by atoms with Crippen LogP contribution >= 0.6 is 0 Å². The summed E-state index contributed by atoms with van der Waals surface area (Å²) < 4.78 is 10.6. The van der Waals surface area contributed by atoms with Gasteiger partial charge in [-0.25, -0.2) is 0 Å². The molecule has 3 rings (SSSR count). The molecule has 0 aliphatic carbocycles. The van der Waals surface area contributed by atoms with Crippen LogP contribution in [-0.4, -0.2) is 38.7 Å². The van der Waals surface area contributed by atoms with Gasteiger partial charge < -0.3 is 19.7 Å². The molecule has 0 saturated carbocycles. The van der Waals surface area contributed by atoms with E-state index >= 15 is 0 Å². The van der Waals surface area contributed by atoms with Gasteiger partial charge in [-0.1, -0.05) is 39.0 Å². The number of hydrogen-bond acceptors (Lipinski definition) is 4. The van der Waals surface area contributed by atoms with E-state index in [2.05, 4.69) is 26.1 Å². The third kappa shape index (κ3) is 4.95. The molecular formula is C23H28N2O4. The molecule has 1 aliphatic rings. The Hall–Kier alpha value is -2.86. The Kier molecular flexibility index (Phi) is 6.23. The van der Waals surface area contributed by atoms with E-state index in [0.29, 0.717) is 31.0 Å². The van der Waals surface area contributed by atoms with Crippen LogP contribution in [0.4, 0.5) is 5.69 Å². The monoisotopic (exact) mass is 396 g/mol. The second-order valence-corrected chi connectivity index (χ2v) is 8.15. The van der Waals surface area contributed by atoms with Gasteiger partial charge in [0.1, 0.15) is 5.75 Å². The van der Waals surface area contributed by atoms with Gasteiger partial charge >= 0.3 is 0 Å². The van der Waals surface area contributed by atoms with Crippen LogP contribution in [0.15, 0.2) is 42.5 Å². The molecule has 0 fully saturated rings. The summed E-state index contributed by atoms with van der Waals surface area (Å²) in [7, 11) is 1.59. The number of rotatable bonds is 6. The van der Waals surface area contributed by atoms with Crippen molar-refractivity contribution in [2.45, 2.75) is 32.7 Å². The summed E-state index contributed by atoms with van der Waals surface area (Å²) in [6.45, 7) is 7.70. The maximum Gasteiger partial charge on any atom is 0.265 e. The molecule has 6 nitrogen and oxygen atoms in total. The molecule has 0 aromatic heterocycles. The van der Waals surface area contributed by atoms with Crippen molar-refractivity contribution in [3.63, 3.8) is 0 Å². The Labute approximate surface area is 171 Å². The van der Waals surface area contributed by atoms with E-state index < -0.39 is 0 Å². The lowest BCUT2D eigenvalue weighted by atomic mass is 9.86. The third-order valence-electron chi connectivity index (χ3n) is 4.89. The highest BCUT2D eigenvalue weighted by Gasteiger charge is 2.27. The number of carbonyl (C=O) groups excluding carboxylic acids is 2. The quantitative estimate of drug-likeness (QED) is 0.761. The maximum atomic E-state index is 12.6. The first-order valence-electron chi connectivity index (χ1n) is 9.73. The summed E-state index contributed by atoms with van der Waals surface area (Å²) in [5.74, 6) is 0.442. The number of fused-ring (bicyclic) bond motifs is 1. The molecule has 0 radical (unpaired) electrons. The Morgan fingerprint density at radius 1 is 1.21 bits per heavy atom. The first-order chi connectivity index (χ1) is 13.8. The Bertz CT molecular complexity index is 902. The summed E-state index contributed by atoms with van der Waals surface area (Å²) in [6, 6.07) is 13.3. The van der Waals surface area contributed by atoms with Gasteiger partial charge in [0.05, 0.1) is 18.8 Å². The predicted molar refractivity (Wildman–Crippen MR) is 112 cm³/mol. The van der Waals surface area contributed by atoms with Crippen LogP contribution in [0.1, 0.15) is 42.3 Å². The lowest BCUT2D eigenvalue weighted by Gasteiger charge is -2.31. The van der Waals surface area contributed by atoms with Crippen molar-refractivity contribution >= 4 is 17.5 Å². The van der Waals surface area contributed by atoms with E-state index in [1.165, 1.54) is 0 Å². The van der Waals surface area contributed by atoms with Crippen LogP contribution in [-0.2, 0) is 21.5 Å². The second-order valence-electron chi connectivity index (χ2n) is 8.15. The summed E-state index contributed by atoms with van der Waals surface area (Å²) in [5, 5.41) is 2.81. The van der Waals surface area contributed by atoms with E-state index in [9.17, 15) is 9.59 Å². The molecule has 29 heavy (non-hydrogen) atoms. The lowest BCUT2D eigenvalue weighted by molar-refractivity contribution is -0.121. The summed E-state index contributed by atoms with van der Waals surface area (Å²) >= 11 is 0. The highest BCUT2D eigenvalue weighted by Crippen LogP contribution is 2.37. The molecule has 1 N–H and O–H groups in total. The molecule has 0 bridgehead atoms. The standard InChI is InChI=1S/C23H28N2O4/c1-23(2,3)18-8-9-20-19(13-18)25(21(26)15-29-20)14-16-6-5-7-17(12-16)22(27)24-10-11-28-4/h5-9,12-13H,10-11,14-15H2,1-4H3,(H,24,27). The van der Waals surface area contributed by atoms with Crippen LogP contribution in [0.2, 0.25) is 0 Å². The number of benzene rings is 2. The number of anilines is 1. The zero-order chi connectivity index (χ0) is 21.0. The predicted octanol–water partition coefficient (Wildman–Crippen LogP) is 3.29. The first-order valence-corrected chi connectivity index (χ1v) is 9.73. The molecule has 6 heteroatoms. The van der Waals surface area contributed by atoms with Crippen LogP contribution in [0.25, 0.3) is 0 Å². The van der Waals surface area contributed by atoms with Crippen molar-refractivity contribution in [1.82, 2.24) is 5.32 Å². The average molecular weight is 396 g/mol. The van der Waals surface area contributed by atoms with Gasteiger partial charge in [0.25, 0.3) is 11.8 Å². The van der Waals surface area contributed by atoms with E-state index in [1.54, 1.807) is 18.1 Å². The SMILES string of the molecule is COCCNC(=O)c1cccc(CN2C(=O)COc3ccc(C(C)(C)C)cc32)c1. The van der Waals surface area contributed by atoms with E-state index in [0.717, 1.165) is 16.8 Å². The van der Waals surface area contributed by atoms with Crippen molar-refractivity contribution in [2.24, 2.45) is 0 Å². The highest BCUT2D eigenvalue weighted by atomic mass is 16.5. The molecule has 1 aliphatic heterocycles. The van der Waals surface area contributed by atoms with Crippen molar-refractivity contribution in [3.05, 3.63) is 59.2 Å². The van der Waals surface area contributed by atoms with Gasteiger partial charge in [-0.3, -0.25) is 9.59 Å². The van der Waals surface area contributed by atoms with Gasteiger partial charge in [-0.15, -0.1) is 0 Å². The van der Waals surface area contributed by atoms with Gasteiger partial charge in [-0.05, 0) is 40.8 Å². The zero-order valence-electron chi connectivity index (χ0n) is 17.5. The maximum absolute atomic E-state index is 12.6. The Balaban J connectivity index is 1.84. The fraction of sp³-hybridized carbons (Fsp3) is 0.391. The van der Waals surface area contributed by atoms with Crippen molar-refractivity contribution in [3.8, 4) is 5.75 Å². The first kappa shape index (κ1) is 20.9. The Morgan fingerprint density at radius 3 is 2.72 bits per heavy atom. The van der Waals surface area contributed by atoms with Gasteiger partial charge in [0.2, 0.25) is 0 Å². The molecule has 0 unspecified atom stereocenters. The number of carbonyl (C=O) groups is 2. The third-order valence-corrected chi connectivity index (χ3v) is 4.89. The normalized spacial score (nSPS) is 13.7. The second kappa shape index (κ2) is 8.66. The molecule has 0 saturated heterocycles. The van der Waals surface area contributed by atoms with Crippen molar-refractivity contribution < 1.29 is 19.1 Å². The van der Waals surface area contributed by atoms with Gasteiger partial charge in [0, 0.05) is 19.2 Å². The topological polar surface area (TPSA) is 67.9 Å². The number of nitrogens with one attached hydrogen (secondary N) is 1. The number of nitrogens with zero attached hydrogens (tertiary/aromatic N) is 1. The summed E-state index contributed by atoms with van der Waals surface area (Å²) in [4.78, 5) is 26.7. The van der Waals surface area contributed by atoms with Gasteiger partial charge in [0.15, 0.2) is 6.61 Å². The molecule has 2 aromatic carbocycles. The van der Waals surface area contributed by atoms with Gasteiger partial charge in [-0.2, -0.15) is 0 Å². The smallest absolute Gasteiger partial charge is 0.265 e. The Morgan fingerprint density at radius 2 is 2.00 bits per heavy atom. The molecule has 2 amide bonds. The number of ether oxygens (including phenoxy) is 2. The highest BCUT2D eigenvalue weighted by molar-refractivity contribution is 5.98. The minimum absolute atomic E-state index is 0.0130.